The number of anilines is 2. The van der Waals surface area contributed by atoms with Crippen LogP contribution in [0.3, 0.4) is 0 Å². The van der Waals surface area contributed by atoms with Gasteiger partial charge in [0.05, 0.1) is 24.2 Å². The summed E-state index contributed by atoms with van der Waals surface area (Å²) in [5.41, 5.74) is 2.34. The fourth-order valence-corrected chi connectivity index (χ4v) is 4.32. The molecule has 0 aromatic heterocycles. The summed E-state index contributed by atoms with van der Waals surface area (Å²) < 4.78 is 46.5. The zero-order chi connectivity index (χ0) is 21.0. The highest BCUT2D eigenvalue weighted by molar-refractivity contribution is 7.92. The van der Waals surface area contributed by atoms with Gasteiger partial charge in [-0.05, 0) is 66.2 Å². The number of hydrogen-bond acceptors (Lipinski definition) is 4. The van der Waals surface area contributed by atoms with E-state index in [0.29, 0.717) is 11.4 Å². The predicted octanol–water partition coefficient (Wildman–Crippen LogP) is 4.30. The Kier molecular flexibility index (Phi) is 6.08. The van der Waals surface area contributed by atoms with Gasteiger partial charge < -0.3 is 9.64 Å². The number of methoxy groups -OCH3 is 1. The van der Waals surface area contributed by atoms with Crippen molar-refractivity contribution in [2.24, 2.45) is 0 Å². The van der Waals surface area contributed by atoms with Crippen LogP contribution in [0.15, 0.2) is 77.7 Å². The molecule has 3 aromatic rings. The molecule has 0 saturated heterocycles. The third-order valence-corrected chi connectivity index (χ3v) is 6.33. The Morgan fingerprint density at radius 3 is 1.90 bits per heavy atom. The molecule has 0 aliphatic carbocycles. The molecule has 0 amide bonds. The van der Waals surface area contributed by atoms with Gasteiger partial charge in [0.25, 0.3) is 10.0 Å². The summed E-state index contributed by atoms with van der Waals surface area (Å²) >= 11 is 0. The second kappa shape index (κ2) is 8.53. The van der Waals surface area contributed by atoms with Gasteiger partial charge in [0, 0.05) is 19.8 Å². The minimum atomic E-state index is -3.90. The molecule has 3 aromatic carbocycles. The number of ether oxygens (including phenoxy) is 1. The molecule has 0 radical (unpaired) electrons. The molecule has 5 nitrogen and oxygen atoms in total. The molecule has 152 valence electrons. The fraction of sp³-hybridized carbons (Fsp3) is 0.182. The van der Waals surface area contributed by atoms with Crippen molar-refractivity contribution >= 4 is 21.4 Å². The van der Waals surface area contributed by atoms with Crippen molar-refractivity contribution in [3.8, 4) is 5.75 Å². The summed E-state index contributed by atoms with van der Waals surface area (Å²) in [5, 5.41) is 0. The highest BCUT2D eigenvalue weighted by atomic mass is 32.2. The Labute approximate surface area is 171 Å². The van der Waals surface area contributed by atoms with Gasteiger partial charge >= 0.3 is 0 Å². The van der Waals surface area contributed by atoms with E-state index in [0.717, 1.165) is 23.4 Å². The molecule has 0 fully saturated rings. The molecule has 0 saturated carbocycles. The van der Waals surface area contributed by atoms with E-state index in [1.54, 1.807) is 31.4 Å². The van der Waals surface area contributed by atoms with Gasteiger partial charge in [-0.15, -0.1) is 0 Å². The lowest BCUT2D eigenvalue weighted by Crippen LogP contribution is -2.30. The second-order valence-corrected chi connectivity index (χ2v) is 8.59. The highest BCUT2D eigenvalue weighted by Crippen LogP contribution is 2.28. The number of sulfonamides is 1. The van der Waals surface area contributed by atoms with E-state index in [2.05, 4.69) is 0 Å². The van der Waals surface area contributed by atoms with Crippen molar-refractivity contribution in [3.05, 3.63) is 84.2 Å². The molecule has 0 heterocycles. The lowest BCUT2D eigenvalue weighted by molar-refractivity contribution is 0.415. The largest absolute Gasteiger partial charge is 0.497 e. The van der Waals surface area contributed by atoms with E-state index in [4.69, 9.17) is 4.74 Å². The van der Waals surface area contributed by atoms with Crippen LogP contribution in [0.5, 0.6) is 5.75 Å². The summed E-state index contributed by atoms with van der Waals surface area (Å²) in [4.78, 5) is 2.00. The Balaban J connectivity index is 2.01. The minimum absolute atomic E-state index is 0.0274. The summed E-state index contributed by atoms with van der Waals surface area (Å²) in [6.07, 6.45) is 0. The van der Waals surface area contributed by atoms with Gasteiger partial charge in [-0.25, -0.2) is 12.8 Å². The van der Waals surface area contributed by atoms with Gasteiger partial charge in [0.1, 0.15) is 11.6 Å². The summed E-state index contributed by atoms with van der Waals surface area (Å²) in [7, 11) is 1.53. The third kappa shape index (κ3) is 4.68. The number of nitrogens with zero attached hydrogens (tertiary/aromatic N) is 2. The van der Waals surface area contributed by atoms with E-state index >= 15 is 0 Å². The maximum Gasteiger partial charge on any atom is 0.264 e. The molecule has 7 heteroatoms. The zero-order valence-corrected chi connectivity index (χ0v) is 17.4. The molecule has 0 N–H and O–H groups in total. The topological polar surface area (TPSA) is 49.9 Å². The van der Waals surface area contributed by atoms with Gasteiger partial charge in [-0.1, -0.05) is 12.1 Å². The first-order valence-corrected chi connectivity index (χ1v) is 10.4. The van der Waals surface area contributed by atoms with E-state index in [9.17, 15) is 12.8 Å². The molecule has 0 aliphatic rings. The molecule has 3 rings (SSSR count). The number of hydrogen-bond donors (Lipinski definition) is 0. The Morgan fingerprint density at radius 2 is 1.38 bits per heavy atom. The SMILES string of the molecule is COc1ccc(N(Cc2ccc(N(C)C)cc2)S(=O)(=O)c2ccc(F)cc2)cc1. The molecule has 0 aliphatic heterocycles. The molecule has 0 bridgehead atoms. The van der Waals surface area contributed by atoms with Crippen LogP contribution >= 0.6 is 0 Å². The standard InChI is InChI=1S/C22H23FN2O3S/c1-24(2)19-8-4-17(5-9-19)16-25(20-10-12-21(28-3)13-11-20)29(26,27)22-14-6-18(23)7-15-22/h4-15H,16H2,1-3H3. The van der Waals surface area contributed by atoms with Gasteiger partial charge in [-0.3, -0.25) is 4.31 Å². The van der Waals surface area contributed by atoms with Crippen LogP contribution in [-0.4, -0.2) is 29.6 Å². The van der Waals surface area contributed by atoms with Crippen molar-refractivity contribution in [1.82, 2.24) is 0 Å². The van der Waals surface area contributed by atoms with Crippen molar-refractivity contribution in [2.45, 2.75) is 11.4 Å². The van der Waals surface area contributed by atoms with Crippen LogP contribution in [0.1, 0.15) is 5.56 Å². The van der Waals surface area contributed by atoms with Crippen molar-refractivity contribution in [1.29, 1.82) is 0 Å². The minimum Gasteiger partial charge on any atom is -0.497 e. The van der Waals surface area contributed by atoms with Crippen molar-refractivity contribution < 1.29 is 17.5 Å². The van der Waals surface area contributed by atoms with E-state index in [1.807, 2.05) is 43.3 Å². The van der Waals surface area contributed by atoms with Crippen LogP contribution in [0, 0.1) is 5.82 Å². The normalized spacial score (nSPS) is 11.2. The number of rotatable bonds is 7. The fourth-order valence-electron chi connectivity index (χ4n) is 2.86. The van der Waals surface area contributed by atoms with Crippen molar-refractivity contribution in [3.63, 3.8) is 0 Å². The molecule has 0 spiro atoms. The summed E-state index contributed by atoms with van der Waals surface area (Å²) in [6, 6.07) is 19.3. The van der Waals surface area contributed by atoms with Crippen LogP contribution in [0.25, 0.3) is 0 Å². The second-order valence-electron chi connectivity index (χ2n) is 6.72. The Morgan fingerprint density at radius 1 is 0.828 bits per heavy atom. The molecule has 29 heavy (non-hydrogen) atoms. The molecule has 0 unspecified atom stereocenters. The van der Waals surface area contributed by atoms with E-state index in [-0.39, 0.29) is 11.4 Å². The highest BCUT2D eigenvalue weighted by Gasteiger charge is 2.25. The maximum absolute atomic E-state index is 13.3. The Bertz CT molecular complexity index is 1050. The monoisotopic (exact) mass is 414 g/mol. The van der Waals surface area contributed by atoms with Crippen LogP contribution in [0.2, 0.25) is 0 Å². The third-order valence-electron chi connectivity index (χ3n) is 4.54. The van der Waals surface area contributed by atoms with Crippen LogP contribution in [-0.2, 0) is 16.6 Å². The number of halogens is 1. The van der Waals surface area contributed by atoms with E-state index < -0.39 is 15.8 Å². The van der Waals surface area contributed by atoms with Crippen LogP contribution in [0.4, 0.5) is 15.8 Å². The molecule has 0 atom stereocenters. The van der Waals surface area contributed by atoms with Gasteiger partial charge in [0.2, 0.25) is 0 Å². The lowest BCUT2D eigenvalue weighted by atomic mass is 10.2. The quantitative estimate of drug-likeness (QED) is 0.579. The number of benzene rings is 3. The average molecular weight is 415 g/mol. The summed E-state index contributed by atoms with van der Waals surface area (Å²) in [5.74, 6) is 0.141. The molecular weight excluding hydrogens is 391 g/mol. The first-order chi connectivity index (χ1) is 13.8. The first-order valence-electron chi connectivity index (χ1n) is 9.00. The van der Waals surface area contributed by atoms with Gasteiger partial charge in [0.15, 0.2) is 0 Å². The predicted molar refractivity (Wildman–Crippen MR) is 114 cm³/mol. The van der Waals surface area contributed by atoms with Crippen LogP contribution < -0.4 is 13.9 Å². The summed E-state index contributed by atoms with van der Waals surface area (Å²) in [6.45, 7) is 0.139. The lowest BCUT2D eigenvalue weighted by Gasteiger charge is -2.25. The first kappa shape index (κ1) is 20.7. The van der Waals surface area contributed by atoms with Gasteiger partial charge in [-0.2, -0.15) is 0 Å². The molecular formula is C22H23FN2O3S. The maximum atomic E-state index is 13.3. The smallest absolute Gasteiger partial charge is 0.264 e. The van der Waals surface area contributed by atoms with E-state index in [1.165, 1.54) is 16.4 Å². The average Bonchev–Trinajstić information content (AvgIpc) is 2.72. The van der Waals surface area contributed by atoms with Crippen molar-refractivity contribution in [2.75, 3.05) is 30.4 Å². The zero-order valence-electron chi connectivity index (χ0n) is 16.5. The Hall–Kier alpha value is -3.06.